The number of rotatable bonds is 8. The first-order chi connectivity index (χ1) is 14.9. The summed E-state index contributed by atoms with van der Waals surface area (Å²) in [4.78, 5) is 27.4. The number of hydrogen-bond acceptors (Lipinski definition) is 5. The highest BCUT2D eigenvalue weighted by atomic mass is 16.5. The van der Waals surface area contributed by atoms with Crippen molar-refractivity contribution in [2.45, 2.75) is 39.7 Å². The first-order valence-electron chi connectivity index (χ1n) is 10.6. The molecule has 1 heterocycles. The van der Waals surface area contributed by atoms with E-state index in [9.17, 15) is 14.7 Å². The molecule has 1 unspecified atom stereocenters. The fourth-order valence-corrected chi connectivity index (χ4v) is 3.88. The van der Waals surface area contributed by atoms with Gasteiger partial charge in [-0.3, -0.25) is 9.59 Å². The second kappa shape index (κ2) is 9.69. The number of nitrogens with zero attached hydrogens (tertiary/aromatic N) is 1. The van der Waals surface area contributed by atoms with Crippen LogP contribution < -0.4 is 9.47 Å². The van der Waals surface area contributed by atoms with Crippen molar-refractivity contribution in [3.8, 4) is 11.5 Å². The van der Waals surface area contributed by atoms with E-state index in [0.717, 1.165) is 24.0 Å². The lowest BCUT2D eigenvalue weighted by molar-refractivity contribution is -0.139. The lowest BCUT2D eigenvalue weighted by Gasteiger charge is -2.25. The van der Waals surface area contributed by atoms with Gasteiger partial charge in [-0.1, -0.05) is 25.5 Å². The van der Waals surface area contributed by atoms with Crippen LogP contribution in [0.4, 0.5) is 0 Å². The summed E-state index contributed by atoms with van der Waals surface area (Å²) in [5, 5.41) is 11.1. The number of aryl methyl sites for hydroxylation is 1. The summed E-state index contributed by atoms with van der Waals surface area (Å²) in [5.41, 5.74) is 2.16. The Bertz CT molecular complexity index is 993. The number of likely N-dealkylation sites (tertiary alicyclic amines) is 1. The molecule has 2 aromatic carbocycles. The number of methoxy groups -OCH3 is 1. The van der Waals surface area contributed by atoms with Crippen LogP contribution in [0.5, 0.6) is 11.5 Å². The molecule has 0 saturated carbocycles. The van der Waals surface area contributed by atoms with Crippen LogP contribution in [0.15, 0.2) is 48.0 Å². The number of Topliss-reactive ketones (excluding diaryl/α,β-unsaturated/α-hetero) is 1. The molecular weight excluding hydrogens is 394 g/mol. The largest absolute Gasteiger partial charge is 0.507 e. The number of unbranched alkanes of at least 4 members (excludes halogenated alkanes) is 1. The molecule has 0 aromatic heterocycles. The van der Waals surface area contributed by atoms with Crippen LogP contribution in [0, 0.1) is 6.92 Å². The van der Waals surface area contributed by atoms with Gasteiger partial charge >= 0.3 is 0 Å². The SMILES string of the molecule is CCCCN1C(=O)C(=O)/C(=C(\O)c2ccc(OC)c(C)c2)C1c1ccc(OCC)cc1. The first kappa shape index (κ1) is 22.4. The summed E-state index contributed by atoms with van der Waals surface area (Å²) in [6.45, 7) is 6.79. The summed E-state index contributed by atoms with van der Waals surface area (Å²) in [7, 11) is 1.58. The summed E-state index contributed by atoms with van der Waals surface area (Å²) >= 11 is 0. The van der Waals surface area contributed by atoms with Crippen LogP contribution in [-0.2, 0) is 9.59 Å². The zero-order valence-corrected chi connectivity index (χ0v) is 18.5. The lowest BCUT2D eigenvalue weighted by atomic mass is 9.94. The number of ether oxygens (including phenoxy) is 2. The molecule has 3 rings (SSSR count). The van der Waals surface area contributed by atoms with Gasteiger partial charge < -0.3 is 19.5 Å². The van der Waals surface area contributed by atoms with Gasteiger partial charge in [0.1, 0.15) is 17.3 Å². The molecule has 1 aliphatic rings. The number of benzene rings is 2. The second-order valence-corrected chi connectivity index (χ2v) is 7.53. The average Bonchev–Trinajstić information content (AvgIpc) is 3.02. The molecule has 1 aliphatic heterocycles. The number of aliphatic hydroxyl groups is 1. The van der Waals surface area contributed by atoms with Crippen molar-refractivity contribution in [2.75, 3.05) is 20.3 Å². The number of amides is 1. The van der Waals surface area contributed by atoms with E-state index in [4.69, 9.17) is 9.47 Å². The maximum atomic E-state index is 13.0. The standard InChI is InChI=1S/C25H29NO5/c1-5-7-14-26-22(17-8-11-19(12-9-17)31-6-2)21(24(28)25(26)29)23(27)18-10-13-20(30-4)16(3)15-18/h8-13,15,22,27H,5-7,14H2,1-4H3/b23-21-. The highest BCUT2D eigenvalue weighted by molar-refractivity contribution is 6.46. The van der Waals surface area contributed by atoms with Gasteiger partial charge in [-0.15, -0.1) is 0 Å². The Hall–Kier alpha value is -3.28. The highest BCUT2D eigenvalue weighted by Gasteiger charge is 2.45. The van der Waals surface area contributed by atoms with E-state index in [2.05, 4.69) is 0 Å². The Balaban J connectivity index is 2.12. The molecule has 6 heteroatoms. The van der Waals surface area contributed by atoms with E-state index in [-0.39, 0.29) is 11.3 Å². The van der Waals surface area contributed by atoms with Gasteiger partial charge in [-0.05, 0) is 61.7 Å². The van der Waals surface area contributed by atoms with Gasteiger partial charge in [0.25, 0.3) is 11.7 Å². The molecule has 0 bridgehead atoms. The molecule has 1 fully saturated rings. The average molecular weight is 424 g/mol. The van der Waals surface area contributed by atoms with E-state index >= 15 is 0 Å². The topological polar surface area (TPSA) is 76.1 Å². The smallest absolute Gasteiger partial charge is 0.295 e. The maximum Gasteiger partial charge on any atom is 0.295 e. The zero-order chi connectivity index (χ0) is 22.5. The number of aliphatic hydroxyl groups excluding tert-OH is 1. The lowest BCUT2D eigenvalue weighted by Crippen LogP contribution is -2.30. The molecule has 2 aromatic rings. The molecule has 164 valence electrons. The van der Waals surface area contributed by atoms with Gasteiger partial charge in [0.05, 0.1) is 25.3 Å². The van der Waals surface area contributed by atoms with Crippen molar-refractivity contribution >= 4 is 17.4 Å². The minimum absolute atomic E-state index is 0.106. The minimum Gasteiger partial charge on any atom is -0.507 e. The van der Waals surface area contributed by atoms with Crippen LogP contribution in [-0.4, -0.2) is 42.0 Å². The number of carbonyl (C=O) groups excluding carboxylic acids is 2. The quantitative estimate of drug-likeness (QED) is 0.381. The zero-order valence-electron chi connectivity index (χ0n) is 18.5. The van der Waals surface area contributed by atoms with E-state index < -0.39 is 17.7 Å². The molecule has 0 aliphatic carbocycles. The summed E-state index contributed by atoms with van der Waals surface area (Å²) in [6, 6.07) is 11.8. The Kier molecular flexibility index (Phi) is 7.00. The predicted molar refractivity (Wildman–Crippen MR) is 119 cm³/mol. The Morgan fingerprint density at radius 3 is 2.39 bits per heavy atom. The van der Waals surface area contributed by atoms with Crippen LogP contribution >= 0.6 is 0 Å². The fraction of sp³-hybridized carbons (Fsp3) is 0.360. The Morgan fingerprint density at radius 2 is 1.81 bits per heavy atom. The van der Waals surface area contributed by atoms with Crippen molar-refractivity contribution in [2.24, 2.45) is 0 Å². The molecule has 1 N–H and O–H groups in total. The molecule has 0 radical (unpaired) electrons. The van der Waals surface area contributed by atoms with E-state index in [1.165, 1.54) is 0 Å². The van der Waals surface area contributed by atoms with Crippen molar-refractivity contribution in [1.29, 1.82) is 0 Å². The van der Waals surface area contributed by atoms with Gasteiger partial charge in [0, 0.05) is 12.1 Å². The molecular formula is C25H29NO5. The van der Waals surface area contributed by atoms with Gasteiger partial charge in [0.2, 0.25) is 0 Å². The number of ketones is 1. The van der Waals surface area contributed by atoms with Crippen molar-refractivity contribution in [1.82, 2.24) is 4.90 Å². The first-order valence-corrected chi connectivity index (χ1v) is 10.6. The third kappa shape index (κ3) is 4.43. The molecule has 1 amide bonds. The molecule has 1 atom stereocenters. The fourth-order valence-electron chi connectivity index (χ4n) is 3.88. The monoisotopic (exact) mass is 423 g/mol. The number of carbonyl (C=O) groups is 2. The molecule has 1 saturated heterocycles. The van der Waals surface area contributed by atoms with E-state index in [0.29, 0.717) is 30.2 Å². The normalized spacial score (nSPS) is 17.8. The van der Waals surface area contributed by atoms with Crippen molar-refractivity contribution in [3.05, 3.63) is 64.7 Å². The molecule has 6 nitrogen and oxygen atoms in total. The number of hydrogen-bond donors (Lipinski definition) is 1. The van der Waals surface area contributed by atoms with Crippen LogP contribution in [0.3, 0.4) is 0 Å². The van der Waals surface area contributed by atoms with Gasteiger partial charge in [-0.2, -0.15) is 0 Å². The van der Waals surface area contributed by atoms with Gasteiger partial charge in [0.15, 0.2) is 0 Å². The van der Waals surface area contributed by atoms with E-state index in [1.807, 2.05) is 45.0 Å². The van der Waals surface area contributed by atoms with Crippen molar-refractivity contribution < 1.29 is 24.2 Å². The summed E-state index contributed by atoms with van der Waals surface area (Å²) in [5.74, 6) is -0.0346. The predicted octanol–water partition coefficient (Wildman–Crippen LogP) is 4.62. The Morgan fingerprint density at radius 1 is 1.10 bits per heavy atom. The van der Waals surface area contributed by atoms with E-state index in [1.54, 1.807) is 30.2 Å². The summed E-state index contributed by atoms with van der Waals surface area (Å²) < 4.78 is 10.8. The van der Waals surface area contributed by atoms with Gasteiger partial charge in [-0.25, -0.2) is 0 Å². The third-order valence-electron chi connectivity index (χ3n) is 5.47. The minimum atomic E-state index is -0.666. The third-order valence-corrected chi connectivity index (χ3v) is 5.47. The summed E-state index contributed by atoms with van der Waals surface area (Å²) in [6.07, 6.45) is 1.65. The second-order valence-electron chi connectivity index (χ2n) is 7.53. The van der Waals surface area contributed by atoms with Crippen LogP contribution in [0.1, 0.15) is 49.4 Å². The highest BCUT2D eigenvalue weighted by Crippen LogP contribution is 2.40. The maximum absolute atomic E-state index is 13.0. The molecule has 31 heavy (non-hydrogen) atoms. The van der Waals surface area contributed by atoms with Crippen molar-refractivity contribution in [3.63, 3.8) is 0 Å². The van der Waals surface area contributed by atoms with Crippen LogP contribution in [0.25, 0.3) is 5.76 Å². The molecule has 0 spiro atoms. The van der Waals surface area contributed by atoms with Crippen LogP contribution in [0.2, 0.25) is 0 Å². The Labute approximate surface area is 183 Å².